The summed E-state index contributed by atoms with van der Waals surface area (Å²) in [6, 6.07) is 5.78. The Morgan fingerprint density at radius 2 is 2.00 bits per heavy atom. The molecule has 1 aromatic heterocycles. The molecule has 1 unspecified atom stereocenters. The van der Waals surface area contributed by atoms with E-state index in [4.69, 9.17) is 5.73 Å². The number of amides is 2. The van der Waals surface area contributed by atoms with Crippen molar-refractivity contribution in [1.29, 1.82) is 0 Å². The first-order valence-electron chi connectivity index (χ1n) is 7.03. The number of non-ortho nitro benzene ring substituents is 1. The van der Waals surface area contributed by atoms with Gasteiger partial charge in [0.25, 0.3) is 17.5 Å². The predicted octanol–water partition coefficient (Wildman–Crippen LogP) is 0.886. The average molecular weight is 360 g/mol. The number of nitrogens with two attached hydrogens (primary N) is 1. The number of anilines is 1. The third-order valence-electron chi connectivity index (χ3n) is 3.42. The molecule has 128 valence electrons. The van der Waals surface area contributed by atoms with Gasteiger partial charge in [0.1, 0.15) is 5.37 Å². The molecule has 1 fully saturated rings. The number of nitro benzene ring substituents is 1. The smallest absolute Gasteiger partial charge is 0.292 e. The Labute approximate surface area is 145 Å². The average Bonchev–Trinajstić information content (AvgIpc) is 2.96. The van der Waals surface area contributed by atoms with Crippen LogP contribution in [0.1, 0.15) is 21.4 Å². The molecule has 1 aliphatic heterocycles. The number of nitrogens with zero attached hydrogens (tertiary/aromatic N) is 4. The molecule has 0 radical (unpaired) electrons. The highest BCUT2D eigenvalue weighted by Gasteiger charge is 2.35. The molecule has 10 nitrogen and oxygen atoms in total. The van der Waals surface area contributed by atoms with Gasteiger partial charge in [0.2, 0.25) is 0 Å². The monoisotopic (exact) mass is 360 g/mol. The topological polar surface area (TPSA) is 144 Å². The van der Waals surface area contributed by atoms with Crippen LogP contribution in [0.5, 0.6) is 0 Å². The van der Waals surface area contributed by atoms with E-state index in [0.29, 0.717) is 5.56 Å². The number of carbonyl (C=O) groups is 2. The molecule has 2 aromatic rings. The molecule has 11 heteroatoms. The summed E-state index contributed by atoms with van der Waals surface area (Å²) >= 11 is 1.29. The van der Waals surface area contributed by atoms with E-state index in [0.717, 1.165) is 0 Å². The number of thioether (sulfide) groups is 1. The summed E-state index contributed by atoms with van der Waals surface area (Å²) in [5.41, 5.74) is 8.60. The van der Waals surface area contributed by atoms with E-state index in [9.17, 15) is 19.7 Å². The minimum absolute atomic E-state index is 0.0498. The Kier molecular flexibility index (Phi) is 4.48. The summed E-state index contributed by atoms with van der Waals surface area (Å²) in [7, 11) is 0. The van der Waals surface area contributed by atoms with Crippen LogP contribution in [0.2, 0.25) is 0 Å². The molecular formula is C14H12N6O4S. The molecule has 2 heterocycles. The normalized spacial score (nSPS) is 16.7. The van der Waals surface area contributed by atoms with Crippen molar-refractivity contribution in [3.8, 4) is 0 Å². The minimum atomic E-state index is -0.659. The number of aromatic nitrogens is 2. The zero-order chi connectivity index (χ0) is 18.0. The first-order chi connectivity index (χ1) is 12.0. The molecule has 3 N–H and O–H groups in total. The van der Waals surface area contributed by atoms with Gasteiger partial charge in [0.15, 0.2) is 11.5 Å². The Balaban J connectivity index is 1.81. The lowest BCUT2D eigenvalue weighted by molar-refractivity contribution is -0.384. The van der Waals surface area contributed by atoms with E-state index in [1.807, 2.05) is 0 Å². The number of nitrogens with one attached hydrogen (secondary N) is 1. The fourth-order valence-electron chi connectivity index (χ4n) is 2.24. The highest BCUT2D eigenvalue weighted by Crippen LogP contribution is 2.37. The van der Waals surface area contributed by atoms with Crippen molar-refractivity contribution >= 4 is 35.1 Å². The van der Waals surface area contributed by atoms with Crippen molar-refractivity contribution in [2.45, 2.75) is 5.37 Å². The molecule has 0 saturated carbocycles. The van der Waals surface area contributed by atoms with Gasteiger partial charge >= 0.3 is 0 Å². The largest absolute Gasteiger partial charge is 0.382 e. The molecule has 0 aliphatic carbocycles. The van der Waals surface area contributed by atoms with E-state index in [1.165, 1.54) is 41.3 Å². The van der Waals surface area contributed by atoms with Crippen LogP contribution in [-0.2, 0) is 4.79 Å². The second kappa shape index (κ2) is 6.73. The van der Waals surface area contributed by atoms with Gasteiger partial charge in [-0.15, -0.1) is 11.8 Å². The van der Waals surface area contributed by atoms with E-state index in [-0.39, 0.29) is 28.9 Å². The summed E-state index contributed by atoms with van der Waals surface area (Å²) in [4.78, 5) is 42.3. The molecule has 1 aliphatic rings. The van der Waals surface area contributed by atoms with E-state index in [1.54, 1.807) is 12.1 Å². The number of nitro groups is 1. The van der Waals surface area contributed by atoms with Gasteiger partial charge in [-0.2, -0.15) is 0 Å². The number of benzene rings is 1. The first-order valence-corrected chi connectivity index (χ1v) is 8.07. The molecule has 25 heavy (non-hydrogen) atoms. The Bertz CT molecular complexity index is 843. The Morgan fingerprint density at radius 3 is 2.64 bits per heavy atom. The summed E-state index contributed by atoms with van der Waals surface area (Å²) < 4.78 is 0. The molecule has 1 aromatic carbocycles. The maximum atomic E-state index is 12.3. The number of hydrazine groups is 1. The predicted molar refractivity (Wildman–Crippen MR) is 89.1 cm³/mol. The van der Waals surface area contributed by atoms with Crippen molar-refractivity contribution in [3.63, 3.8) is 0 Å². The molecule has 3 rings (SSSR count). The lowest BCUT2D eigenvalue weighted by Gasteiger charge is -2.24. The summed E-state index contributed by atoms with van der Waals surface area (Å²) in [6.45, 7) is 0. The van der Waals surface area contributed by atoms with E-state index < -0.39 is 16.2 Å². The maximum absolute atomic E-state index is 12.3. The highest BCUT2D eigenvalue weighted by atomic mass is 32.2. The standard InChI is InChI=1S/C14H12N6O4S/c15-12-11(16-5-6-17-12)13(22)18-19-10(21)7-25-14(19)8-1-3-9(4-2-8)20(23)24/h1-6,14H,7H2,(H2,15,17)(H,18,22). The fraction of sp³-hybridized carbons (Fsp3) is 0.143. The highest BCUT2D eigenvalue weighted by molar-refractivity contribution is 8.00. The van der Waals surface area contributed by atoms with Crippen LogP contribution >= 0.6 is 11.8 Å². The Morgan fingerprint density at radius 1 is 1.32 bits per heavy atom. The van der Waals surface area contributed by atoms with Crippen LogP contribution < -0.4 is 11.2 Å². The van der Waals surface area contributed by atoms with E-state index >= 15 is 0 Å². The molecule has 1 atom stereocenters. The van der Waals surface area contributed by atoms with Gasteiger partial charge in [-0.25, -0.2) is 15.0 Å². The van der Waals surface area contributed by atoms with Crippen molar-refractivity contribution in [2.75, 3.05) is 11.5 Å². The van der Waals surface area contributed by atoms with Gasteiger partial charge in [0.05, 0.1) is 10.7 Å². The summed E-state index contributed by atoms with van der Waals surface area (Å²) in [5.74, 6) is -0.846. The first kappa shape index (κ1) is 16.6. The second-order valence-electron chi connectivity index (χ2n) is 5.01. The number of hydrogen-bond donors (Lipinski definition) is 2. The Hall–Kier alpha value is -3.21. The van der Waals surface area contributed by atoms with Crippen LogP contribution in [0.3, 0.4) is 0 Å². The van der Waals surface area contributed by atoms with Gasteiger partial charge in [0, 0.05) is 24.5 Å². The SMILES string of the molecule is Nc1nccnc1C(=O)NN1C(=O)CSC1c1ccc([N+](=O)[O-])cc1. The molecule has 0 bridgehead atoms. The maximum Gasteiger partial charge on any atom is 0.292 e. The van der Waals surface area contributed by atoms with Gasteiger partial charge in [-0.3, -0.25) is 25.1 Å². The summed E-state index contributed by atoms with van der Waals surface area (Å²) in [5, 5.41) is 11.4. The van der Waals surface area contributed by atoms with Crippen LogP contribution in [0.25, 0.3) is 0 Å². The minimum Gasteiger partial charge on any atom is -0.382 e. The van der Waals surface area contributed by atoms with Crippen molar-refractivity contribution in [1.82, 2.24) is 20.4 Å². The van der Waals surface area contributed by atoms with Crippen LogP contribution in [0.15, 0.2) is 36.7 Å². The molecule has 2 amide bonds. The van der Waals surface area contributed by atoms with Crippen LogP contribution in [0.4, 0.5) is 11.5 Å². The van der Waals surface area contributed by atoms with Crippen molar-refractivity contribution in [3.05, 3.63) is 58.0 Å². The van der Waals surface area contributed by atoms with Crippen molar-refractivity contribution < 1.29 is 14.5 Å². The third-order valence-corrected chi connectivity index (χ3v) is 4.63. The molecule has 0 spiro atoms. The third kappa shape index (κ3) is 3.35. The molecule has 1 saturated heterocycles. The second-order valence-corrected chi connectivity index (χ2v) is 6.08. The van der Waals surface area contributed by atoms with Gasteiger partial charge < -0.3 is 5.73 Å². The number of carbonyl (C=O) groups excluding carboxylic acids is 2. The number of nitrogen functional groups attached to an aromatic ring is 1. The zero-order valence-corrected chi connectivity index (χ0v) is 13.5. The van der Waals surface area contributed by atoms with Crippen molar-refractivity contribution in [2.24, 2.45) is 0 Å². The molecular weight excluding hydrogens is 348 g/mol. The lowest BCUT2D eigenvalue weighted by atomic mass is 10.2. The zero-order valence-electron chi connectivity index (χ0n) is 12.7. The van der Waals surface area contributed by atoms with Gasteiger partial charge in [-0.1, -0.05) is 0 Å². The number of hydrogen-bond acceptors (Lipinski definition) is 8. The van der Waals surface area contributed by atoms with E-state index in [2.05, 4.69) is 15.4 Å². The summed E-state index contributed by atoms with van der Waals surface area (Å²) in [6.07, 6.45) is 2.67. The quantitative estimate of drug-likeness (QED) is 0.604. The fourth-order valence-corrected chi connectivity index (χ4v) is 3.35. The lowest BCUT2D eigenvalue weighted by Crippen LogP contribution is -2.45. The van der Waals surface area contributed by atoms with Crippen LogP contribution in [0, 0.1) is 10.1 Å². The van der Waals surface area contributed by atoms with Gasteiger partial charge in [-0.05, 0) is 17.7 Å². The van der Waals surface area contributed by atoms with Crippen LogP contribution in [-0.4, -0.2) is 37.5 Å². The number of rotatable bonds is 4.